The molecule has 1 heterocycles. The first kappa shape index (κ1) is 15.3. The Morgan fingerprint density at radius 1 is 1.05 bits per heavy atom. The zero-order valence-corrected chi connectivity index (χ0v) is 13.6. The molecule has 1 saturated carbocycles. The minimum atomic E-state index is -3.42. The van der Waals surface area contributed by atoms with Gasteiger partial charge in [-0.15, -0.1) is 0 Å². The molecule has 5 heteroatoms. The van der Waals surface area contributed by atoms with Crippen LogP contribution in [0.2, 0.25) is 0 Å². The van der Waals surface area contributed by atoms with E-state index in [1.807, 2.05) is 12.1 Å². The van der Waals surface area contributed by atoms with Gasteiger partial charge in [-0.05, 0) is 49.2 Å². The molecule has 0 saturated heterocycles. The van der Waals surface area contributed by atoms with E-state index >= 15 is 0 Å². The Labute approximate surface area is 131 Å². The molecule has 22 heavy (non-hydrogen) atoms. The van der Waals surface area contributed by atoms with Crippen molar-refractivity contribution in [1.29, 1.82) is 0 Å². The lowest BCUT2D eigenvalue weighted by atomic mass is 9.96. The molecule has 0 unspecified atom stereocenters. The van der Waals surface area contributed by atoms with Crippen LogP contribution in [0.4, 0.5) is 0 Å². The first-order valence-electron chi connectivity index (χ1n) is 7.71. The van der Waals surface area contributed by atoms with Gasteiger partial charge >= 0.3 is 0 Å². The van der Waals surface area contributed by atoms with E-state index in [2.05, 4.69) is 0 Å². The van der Waals surface area contributed by atoms with Gasteiger partial charge in [-0.25, -0.2) is 8.42 Å². The fourth-order valence-corrected chi connectivity index (χ4v) is 4.46. The van der Waals surface area contributed by atoms with Crippen molar-refractivity contribution in [1.82, 2.24) is 4.31 Å². The lowest BCUT2D eigenvalue weighted by Crippen LogP contribution is -2.38. The fourth-order valence-electron chi connectivity index (χ4n) is 3.04. The van der Waals surface area contributed by atoms with Gasteiger partial charge in [0.2, 0.25) is 10.0 Å². The molecule has 0 amide bonds. The van der Waals surface area contributed by atoms with Crippen LogP contribution in [0.15, 0.2) is 52.0 Å². The van der Waals surface area contributed by atoms with Crippen molar-refractivity contribution in [3.63, 3.8) is 0 Å². The molecular weight excluding hydrogens is 298 g/mol. The summed E-state index contributed by atoms with van der Waals surface area (Å²) in [5.41, 5.74) is 0.879. The van der Waals surface area contributed by atoms with E-state index in [-0.39, 0.29) is 6.04 Å². The van der Waals surface area contributed by atoms with Crippen molar-refractivity contribution < 1.29 is 12.8 Å². The molecule has 0 atom stereocenters. The van der Waals surface area contributed by atoms with Crippen molar-refractivity contribution in [2.75, 3.05) is 7.05 Å². The van der Waals surface area contributed by atoms with Crippen LogP contribution in [0.1, 0.15) is 32.1 Å². The van der Waals surface area contributed by atoms with E-state index < -0.39 is 10.0 Å². The first-order valence-corrected chi connectivity index (χ1v) is 9.15. The fraction of sp³-hybridized carbons (Fsp3) is 0.412. The van der Waals surface area contributed by atoms with Crippen LogP contribution in [-0.2, 0) is 10.0 Å². The molecule has 118 valence electrons. The molecule has 0 N–H and O–H groups in total. The van der Waals surface area contributed by atoms with Crippen LogP contribution in [0, 0.1) is 0 Å². The van der Waals surface area contributed by atoms with Crippen LogP contribution in [0.25, 0.3) is 11.3 Å². The molecule has 1 aliphatic rings. The lowest BCUT2D eigenvalue weighted by molar-refractivity contribution is 0.286. The second-order valence-corrected chi connectivity index (χ2v) is 7.81. The quantitative estimate of drug-likeness (QED) is 0.859. The first-order chi connectivity index (χ1) is 10.6. The van der Waals surface area contributed by atoms with Crippen molar-refractivity contribution in [2.45, 2.75) is 43.0 Å². The number of furan rings is 1. The van der Waals surface area contributed by atoms with Crippen LogP contribution >= 0.6 is 0 Å². The van der Waals surface area contributed by atoms with Crippen LogP contribution < -0.4 is 0 Å². The van der Waals surface area contributed by atoms with Crippen molar-refractivity contribution >= 4 is 10.0 Å². The second kappa shape index (κ2) is 6.26. The lowest BCUT2D eigenvalue weighted by Gasteiger charge is -2.30. The average molecular weight is 319 g/mol. The van der Waals surface area contributed by atoms with Gasteiger partial charge in [-0.3, -0.25) is 0 Å². The highest BCUT2D eigenvalue weighted by molar-refractivity contribution is 7.89. The maximum Gasteiger partial charge on any atom is 0.243 e. The van der Waals surface area contributed by atoms with E-state index in [1.54, 1.807) is 41.9 Å². The molecule has 2 aromatic rings. The Hall–Kier alpha value is -1.59. The minimum absolute atomic E-state index is 0.128. The predicted molar refractivity (Wildman–Crippen MR) is 86.0 cm³/mol. The van der Waals surface area contributed by atoms with E-state index in [0.29, 0.717) is 4.90 Å². The SMILES string of the molecule is CN(C1CCCCC1)S(=O)(=O)c1ccc(-c2ccco2)cc1. The summed E-state index contributed by atoms with van der Waals surface area (Å²) in [6.07, 6.45) is 6.96. The molecule has 0 spiro atoms. The van der Waals surface area contributed by atoms with Crippen molar-refractivity contribution in [2.24, 2.45) is 0 Å². The zero-order valence-electron chi connectivity index (χ0n) is 12.7. The highest BCUT2D eigenvalue weighted by Gasteiger charge is 2.28. The van der Waals surface area contributed by atoms with Gasteiger partial charge < -0.3 is 4.42 Å². The van der Waals surface area contributed by atoms with Gasteiger partial charge in [0.15, 0.2) is 0 Å². The number of hydrogen-bond donors (Lipinski definition) is 0. The number of benzene rings is 1. The van der Waals surface area contributed by atoms with Crippen molar-refractivity contribution in [3.8, 4) is 11.3 Å². The van der Waals surface area contributed by atoms with Gasteiger partial charge in [0.1, 0.15) is 5.76 Å². The maximum absolute atomic E-state index is 12.7. The molecule has 0 radical (unpaired) electrons. The van der Waals surface area contributed by atoms with Gasteiger partial charge in [0, 0.05) is 18.7 Å². The highest BCUT2D eigenvalue weighted by atomic mass is 32.2. The molecule has 4 nitrogen and oxygen atoms in total. The Balaban J connectivity index is 1.82. The molecule has 3 rings (SSSR count). The summed E-state index contributed by atoms with van der Waals surface area (Å²) in [4.78, 5) is 0.343. The number of sulfonamides is 1. The van der Waals surface area contributed by atoms with Gasteiger partial charge in [-0.2, -0.15) is 4.31 Å². The van der Waals surface area contributed by atoms with Crippen LogP contribution in [-0.4, -0.2) is 25.8 Å². The van der Waals surface area contributed by atoms with E-state index in [9.17, 15) is 8.42 Å². The Morgan fingerprint density at radius 3 is 2.32 bits per heavy atom. The van der Waals surface area contributed by atoms with Gasteiger partial charge in [0.05, 0.1) is 11.2 Å². The average Bonchev–Trinajstić information content (AvgIpc) is 3.09. The topological polar surface area (TPSA) is 50.5 Å². The summed E-state index contributed by atoms with van der Waals surface area (Å²) >= 11 is 0. The molecule has 0 bridgehead atoms. The van der Waals surface area contributed by atoms with Crippen LogP contribution in [0.5, 0.6) is 0 Å². The normalized spacial score (nSPS) is 17.0. The Bertz CT molecular complexity index is 699. The summed E-state index contributed by atoms with van der Waals surface area (Å²) in [6.45, 7) is 0. The number of hydrogen-bond acceptors (Lipinski definition) is 3. The number of rotatable bonds is 4. The third-order valence-electron chi connectivity index (χ3n) is 4.43. The van der Waals surface area contributed by atoms with E-state index in [0.717, 1.165) is 37.0 Å². The smallest absolute Gasteiger partial charge is 0.243 e. The molecule has 0 aliphatic heterocycles. The summed E-state index contributed by atoms with van der Waals surface area (Å²) in [5.74, 6) is 0.740. The summed E-state index contributed by atoms with van der Waals surface area (Å²) < 4.78 is 32.3. The maximum atomic E-state index is 12.7. The molecule has 1 aromatic heterocycles. The Kier molecular flexibility index (Phi) is 4.36. The minimum Gasteiger partial charge on any atom is -0.464 e. The third kappa shape index (κ3) is 2.96. The van der Waals surface area contributed by atoms with Gasteiger partial charge in [-0.1, -0.05) is 19.3 Å². The molecule has 1 aliphatic carbocycles. The molecular formula is C17H21NO3S. The van der Waals surface area contributed by atoms with E-state index in [4.69, 9.17) is 4.42 Å². The van der Waals surface area contributed by atoms with Gasteiger partial charge in [0.25, 0.3) is 0 Å². The number of nitrogens with zero attached hydrogens (tertiary/aromatic N) is 1. The molecule has 1 fully saturated rings. The van der Waals surface area contributed by atoms with Crippen LogP contribution in [0.3, 0.4) is 0 Å². The predicted octanol–water partition coefficient (Wildman–Crippen LogP) is 3.90. The second-order valence-electron chi connectivity index (χ2n) is 5.81. The third-order valence-corrected chi connectivity index (χ3v) is 6.35. The van der Waals surface area contributed by atoms with Crippen molar-refractivity contribution in [3.05, 3.63) is 42.7 Å². The largest absolute Gasteiger partial charge is 0.464 e. The molecule has 1 aromatic carbocycles. The van der Waals surface area contributed by atoms with E-state index in [1.165, 1.54) is 6.42 Å². The summed E-state index contributed by atoms with van der Waals surface area (Å²) in [7, 11) is -1.72. The highest BCUT2D eigenvalue weighted by Crippen LogP contribution is 2.28. The zero-order chi connectivity index (χ0) is 15.6. The Morgan fingerprint density at radius 2 is 1.73 bits per heavy atom. The standard InChI is InChI=1S/C17H21NO3S/c1-18(15-6-3-2-4-7-15)22(19,20)16-11-9-14(10-12-16)17-8-5-13-21-17/h5,8-13,15H,2-4,6-7H2,1H3. The summed E-state index contributed by atoms with van der Waals surface area (Å²) in [5, 5.41) is 0. The monoisotopic (exact) mass is 319 g/mol. The summed E-state index contributed by atoms with van der Waals surface area (Å²) in [6, 6.07) is 10.7.